The first-order valence-electron chi connectivity index (χ1n) is 1.91. The second kappa shape index (κ2) is 2.11. The lowest BCUT2D eigenvalue weighted by Gasteiger charge is -1.59. The standard InChI is InChI=1S/C5H4NO/c1-2-6-3-5-7-4-1/h1-4H/q+1. The smallest absolute Gasteiger partial charge is 0.233 e. The maximum Gasteiger partial charge on any atom is 0.324 e. The molecule has 1 aliphatic rings. The van der Waals surface area contributed by atoms with Crippen molar-refractivity contribution in [2.75, 3.05) is 0 Å². The van der Waals surface area contributed by atoms with Crippen LogP contribution >= 0.6 is 0 Å². The van der Waals surface area contributed by atoms with Crippen LogP contribution in [0.4, 0.5) is 0 Å². The predicted octanol–water partition coefficient (Wildman–Crippen LogP) is 0.875. The summed E-state index contributed by atoms with van der Waals surface area (Å²) in [6, 6.07) is 0. The van der Waals surface area contributed by atoms with Gasteiger partial charge in [0.15, 0.2) is 0 Å². The molecule has 7 heavy (non-hydrogen) atoms. The lowest BCUT2D eigenvalue weighted by Crippen LogP contribution is -1.59. The summed E-state index contributed by atoms with van der Waals surface area (Å²) in [5.41, 5.74) is 0. The Kier molecular flexibility index (Phi) is 1.21. The first kappa shape index (κ1) is 4.03. The molecule has 1 aliphatic heterocycles. The Morgan fingerprint density at radius 3 is 3.57 bits per heavy atom. The van der Waals surface area contributed by atoms with E-state index < -0.39 is 0 Å². The second-order valence-electron chi connectivity index (χ2n) is 0.991. The number of hydrogen-bond acceptors (Lipinski definition) is 2. The molecule has 0 N–H and O–H groups in total. The topological polar surface area (TPSA) is 21.6 Å². The molecule has 0 bridgehead atoms. The van der Waals surface area contributed by atoms with Crippen LogP contribution in [0.3, 0.4) is 0 Å². The maximum atomic E-state index is 4.58. The van der Waals surface area contributed by atoms with Gasteiger partial charge in [-0.25, -0.2) is 9.73 Å². The van der Waals surface area contributed by atoms with Crippen LogP contribution < -0.4 is 0 Å². The van der Waals surface area contributed by atoms with Gasteiger partial charge in [0.2, 0.25) is 12.5 Å². The van der Waals surface area contributed by atoms with Gasteiger partial charge < -0.3 is 0 Å². The Labute approximate surface area is 41.8 Å². The fourth-order valence-corrected chi connectivity index (χ4v) is 0.267. The van der Waals surface area contributed by atoms with E-state index in [0.717, 1.165) is 0 Å². The van der Waals surface area contributed by atoms with Gasteiger partial charge >= 0.3 is 6.26 Å². The highest BCUT2D eigenvalue weighted by Crippen LogP contribution is 1.82. The Morgan fingerprint density at radius 1 is 1.57 bits per heavy atom. The molecule has 0 radical (unpaired) electrons. The molecule has 1 heterocycles. The molecule has 0 spiro atoms. The summed E-state index contributed by atoms with van der Waals surface area (Å²) in [6.45, 7) is 0. The minimum absolute atomic E-state index is 1.46. The van der Waals surface area contributed by atoms with Gasteiger partial charge in [0, 0.05) is 0 Å². The molecule has 1 rings (SSSR count). The molecule has 0 saturated carbocycles. The zero-order chi connectivity index (χ0) is 4.95. The highest BCUT2D eigenvalue weighted by Gasteiger charge is 1.84. The number of nitrogens with zero attached hydrogens (tertiary/aromatic N) is 1. The van der Waals surface area contributed by atoms with Gasteiger partial charge in [0.25, 0.3) is 0 Å². The number of allylic oxidation sites excluding steroid dienone is 1. The van der Waals surface area contributed by atoms with Gasteiger partial charge in [-0.15, -0.1) is 0 Å². The molecule has 0 aromatic carbocycles. The monoisotopic (exact) mass is 94.0 g/mol. The van der Waals surface area contributed by atoms with Crippen LogP contribution in [0.2, 0.25) is 0 Å². The van der Waals surface area contributed by atoms with E-state index >= 15 is 0 Å². The van der Waals surface area contributed by atoms with E-state index in [1.807, 2.05) is 0 Å². The third-order valence-corrected chi connectivity index (χ3v) is 0.514. The van der Waals surface area contributed by atoms with Crippen LogP contribution in [-0.4, -0.2) is 6.21 Å². The van der Waals surface area contributed by atoms with Crippen molar-refractivity contribution in [1.29, 1.82) is 0 Å². The highest BCUT2D eigenvalue weighted by molar-refractivity contribution is 5.71. The highest BCUT2D eigenvalue weighted by atomic mass is 16.5. The summed E-state index contributed by atoms with van der Waals surface area (Å²) in [4.78, 5) is 3.70. The summed E-state index contributed by atoms with van der Waals surface area (Å²) in [5.74, 6) is 0. The quantitative estimate of drug-likeness (QED) is 0.408. The average molecular weight is 94.1 g/mol. The largest absolute Gasteiger partial charge is 0.324 e. The van der Waals surface area contributed by atoms with Gasteiger partial charge in [0.05, 0.1) is 12.3 Å². The van der Waals surface area contributed by atoms with Gasteiger partial charge in [-0.2, -0.15) is 0 Å². The van der Waals surface area contributed by atoms with Crippen molar-refractivity contribution in [1.82, 2.24) is 0 Å². The van der Waals surface area contributed by atoms with Crippen LogP contribution in [0.25, 0.3) is 0 Å². The van der Waals surface area contributed by atoms with Crippen LogP contribution in [0.1, 0.15) is 0 Å². The molecule has 2 nitrogen and oxygen atoms in total. The molecular weight excluding hydrogens is 90.1 g/mol. The normalized spacial score (nSPS) is 14.9. The van der Waals surface area contributed by atoms with Crippen molar-refractivity contribution < 1.29 is 4.74 Å². The number of aliphatic imine (C=N–C) groups is 1. The fourth-order valence-electron chi connectivity index (χ4n) is 0.267. The van der Waals surface area contributed by atoms with Crippen molar-refractivity contribution in [2.45, 2.75) is 0 Å². The van der Waals surface area contributed by atoms with Crippen LogP contribution in [0.5, 0.6) is 0 Å². The van der Waals surface area contributed by atoms with Crippen molar-refractivity contribution in [3.05, 3.63) is 24.8 Å². The maximum absolute atomic E-state index is 4.58. The summed E-state index contributed by atoms with van der Waals surface area (Å²) in [6.07, 6.45) is 8.72. The van der Waals surface area contributed by atoms with E-state index in [1.165, 1.54) is 12.5 Å². The molecule has 34 valence electrons. The zero-order valence-electron chi connectivity index (χ0n) is 3.66. The number of hydrogen-bond donors (Lipinski definition) is 0. The minimum Gasteiger partial charge on any atom is -0.233 e. The van der Waals surface area contributed by atoms with Crippen LogP contribution in [-0.2, 0) is 4.74 Å². The van der Waals surface area contributed by atoms with Crippen molar-refractivity contribution in [2.24, 2.45) is 4.99 Å². The predicted molar refractivity (Wildman–Crippen MR) is 26.5 cm³/mol. The molecule has 0 unspecified atom stereocenters. The first-order valence-corrected chi connectivity index (χ1v) is 1.91. The Morgan fingerprint density at radius 2 is 2.57 bits per heavy atom. The molecule has 0 saturated heterocycles. The molecule has 0 aromatic heterocycles. The van der Waals surface area contributed by atoms with E-state index in [0.29, 0.717) is 0 Å². The second-order valence-corrected chi connectivity index (χ2v) is 0.991. The Hall–Kier alpha value is -1.14. The Bertz CT molecular complexity index is 110. The minimum atomic E-state index is 1.46. The molecule has 0 fully saturated rings. The average Bonchev–Trinajstić information content (AvgIpc) is 1.90. The molecule has 0 atom stereocenters. The van der Waals surface area contributed by atoms with Gasteiger partial charge in [-0.1, -0.05) is 0 Å². The van der Waals surface area contributed by atoms with Crippen molar-refractivity contribution in [3.8, 4) is 0 Å². The van der Waals surface area contributed by atoms with Gasteiger partial charge in [0.1, 0.15) is 0 Å². The Balaban J connectivity index is 2.60. The third-order valence-electron chi connectivity index (χ3n) is 0.514. The molecule has 2 heteroatoms. The molecule has 0 aliphatic carbocycles. The number of rotatable bonds is 0. The number of ether oxygens (including phenoxy) is 1. The third kappa shape index (κ3) is 1.16. The summed E-state index contributed by atoms with van der Waals surface area (Å²) >= 11 is 0. The zero-order valence-corrected chi connectivity index (χ0v) is 3.66. The first-order chi connectivity index (χ1) is 3.50. The van der Waals surface area contributed by atoms with E-state index in [4.69, 9.17) is 0 Å². The van der Waals surface area contributed by atoms with Gasteiger partial charge in [-0.3, -0.25) is 0 Å². The van der Waals surface area contributed by atoms with E-state index in [1.54, 1.807) is 12.3 Å². The summed E-state index contributed by atoms with van der Waals surface area (Å²) < 4.78 is 4.58. The lowest BCUT2D eigenvalue weighted by molar-refractivity contribution is 0.376. The van der Waals surface area contributed by atoms with E-state index in [9.17, 15) is 0 Å². The van der Waals surface area contributed by atoms with Crippen LogP contribution in [0.15, 0.2) is 23.5 Å². The van der Waals surface area contributed by atoms with E-state index in [2.05, 4.69) is 16.0 Å². The molecule has 0 aromatic rings. The van der Waals surface area contributed by atoms with Gasteiger partial charge in [-0.05, 0) is 0 Å². The lowest BCUT2D eigenvalue weighted by atomic mass is 10.7. The fraction of sp³-hybridized carbons (Fsp3) is 0. The molecular formula is C5H4NO+. The summed E-state index contributed by atoms with van der Waals surface area (Å²) in [7, 11) is 0. The van der Waals surface area contributed by atoms with Crippen LogP contribution in [0, 0.1) is 6.26 Å². The van der Waals surface area contributed by atoms with Crippen molar-refractivity contribution >= 4 is 6.21 Å². The summed E-state index contributed by atoms with van der Waals surface area (Å²) in [5, 5.41) is 0. The van der Waals surface area contributed by atoms with E-state index in [-0.39, 0.29) is 0 Å². The molecule has 0 amide bonds. The SMILES string of the molecule is [C+]1=CN=CC=CO1. The van der Waals surface area contributed by atoms with Crippen molar-refractivity contribution in [3.63, 3.8) is 0 Å².